The Labute approximate surface area is 174 Å². The average molecular weight is 453 g/mol. The number of hydrogen-bond acceptors (Lipinski definition) is 2. The van der Waals surface area contributed by atoms with E-state index in [0.29, 0.717) is 0 Å². The first kappa shape index (κ1) is 26.5. The van der Waals surface area contributed by atoms with Gasteiger partial charge in [0, 0.05) is 0 Å². The van der Waals surface area contributed by atoms with E-state index in [9.17, 15) is 28.7 Å². The molecule has 1 heterocycles. The van der Waals surface area contributed by atoms with Crippen molar-refractivity contribution >= 4 is 15.2 Å². The first-order chi connectivity index (χ1) is 13.6. The lowest BCUT2D eigenvalue weighted by molar-refractivity contribution is -0.696. The largest absolute Gasteiger partial charge is 0.344 e. The molecule has 8 nitrogen and oxygen atoms in total. The summed E-state index contributed by atoms with van der Waals surface area (Å²) in [6, 6.07) is 0. The monoisotopic (exact) mass is 453 g/mol. The van der Waals surface area contributed by atoms with E-state index in [1.54, 1.807) is 18.7 Å². The number of aromatic nitrogens is 2. The van der Waals surface area contributed by atoms with Crippen LogP contribution in [0.25, 0.3) is 0 Å². The number of nitrogens with zero attached hydrogens (tertiary/aromatic N) is 2. The van der Waals surface area contributed by atoms with E-state index in [-0.39, 0.29) is 0 Å². The molecule has 0 saturated carbocycles. The van der Waals surface area contributed by atoms with Crippen LogP contribution in [-0.4, -0.2) is 29.5 Å². The van der Waals surface area contributed by atoms with Gasteiger partial charge in [-0.3, -0.25) is 9.13 Å². The van der Waals surface area contributed by atoms with E-state index in [1.807, 2.05) is 4.57 Å². The molecule has 0 atom stereocenters. The third kappa shape index (κ3) is 12.1. The second kappa shape index (κ2) is 13.7. The van der Waals surface area contributed by atoms with Crippen LogP contribution in [0.1, 0.15) is 84.0 Å². The summed E-state index contributed by atoms with van der Waals surface area (Å²) in [5.41, 5.74) is 0. The summed E-state index contributed by atoms with van der Waals surface area (Å²) in [5, 5.41) is -2.01. The van der Waals surface area contributed by atoms with Crippen molar-refractivity contribution in [2.24, 2.45) is 0 Å². The van der Waals surface area contributed by atoms with Crippen LogP contribution in [0.15, 0.2) is 18.7 Å². The van der Waals surface area contributed by atoms with Crippen molar-refractivity contribution in [1.29, 1.82) is 0 Å². The van der Waals surface area contributed by atoms with Gasteiger partial charge >= 0.3 is 15.2 Å². The lowest BCUT2D eigenvalue weighted by Crippen LogP contribution is -2.31. The average Bonchev–Trinajstić information content (AvgIpc) is 3.06. The fraction of sp³-hybridized carbons (Fsp3) is 0.842. The summed E-state index contributed by atoms with van der Waals surface area (Å²) < 4.78 is 26.0. The van der Waals surface area contributed by atoms with Crippen molar-refractivity contribution in [3.8, 4) is 0 Å². The van der Waals surface area contributed by atoms with Crippen molar-refractivity contribution in [3.63, 3.8) is 0 Å². The SMILES string of the molecule is CCCCCCCCCCCCCC[n+]1ccn(CC(P(=O)(O)O)P(=O)(O)O)c1. The van der Waals surface area contributed by atoms with Crippen LogP contribution >= 0.6 is 15.2 Å². The normalized spacial score (nSPS) is 12.8. The molecule has 10 heteroatoms. The molecule has 170 valence electrons. The third-order valence-corrected chi connectivity index (χ3v) is 8.85. The zero-order valence-electron chi connectivity index (χ0n) is 17.6. The molecule has 0 aliphatic rings. The maximum Gasteiger partial charge on any atom is 0.344 e. The zero-order valence-corrected chi connectivity index (χ0v) is 19.4. The summed E-state index contributed by atoms with van der Waals surface area (Å²) in [6.45, 7) is 2.60. The Balaban J connectivity index is 2.17. The van der Waals surface area contributed by atoms with Crippen LogP contribution in [0.2, 0.25) is 0 Å². The molecule has 1 rings (SSSR count). The molecule has 0 radical (unpaired) electrons. The molecule has 0 aromatic carbocycles. The Kier molecular flexibility index (Phi) is 12.6. The van der Waals surface area contributed by atoms with Crippen molar-refractivity contribution in [3.05, 3.63) is 18.7 Å². The number of imidazole rings is 1. The van der Waals surface area contributed by atoms with Gasteiger partial charge < -0.3 is 19.6 Å². The highest BCUT2D eigenvalue weighted by Crippen LogP contribution is 2.60. The van der Waals surface area contributed by atoms with Gasteiger partial charge in [-0.15, -0.1) is 0 Å². The summed E-state index contributed by atoms with van der Waals surface area (Å²) in [6.07, 6.45) is 20.3. The molecule has 1 aromatic heterocycles. The van der Waals surface area contributed by atoms with Crippen LogP contribution < -0.4 is 4.57 Å². The highest BCUT2D eigenvalue weighted by molar-refractivity contribution is 7.70. The van der Waals surface area contributed by atoms with Gasteiger partial charge in [-0.2, -0.15) is 0 Å². The van der Waals surface area contributed by atoms with E-state index in [2.05, 4.69) is 6.92 Å². The molecule has 4 N–H and O–H groups in total. The first-order valence-corrected chi connectivity index (χ1v) is 14.2. The van der Waals surface area contributed by atoms with Crippen molar-refractivity contribution in [1.82, 2.24) is 4.57 Å². The van der Waals surface area contributed by atoms with Crippen LogP contribution in [0.5, 0.6) is 0 Å². The molecule has 0 unspecified atom stereocenters. The van der Waals surface area contributed by atoms with Gasteiger partial charge in [0.05, 0.1) is 6.54 Å². The minimum Gasteiger partial charge on any atom is -0.324 e. The zero-order chi connectivity index (χ0) is 21.8. The lowest BCUT2D eigenvalue weighted by Gasteiger charge is -2.17. The Bertz CT molecular complexity index is 633. The second-order valence-electron chi connectivity index (χ2n) is 7.90. The van der Waals surface area contributed by atoms with E-state index in [4.69, 9.17) is 0 Å². The molecule has 29 heavy (non-hydrogen) atoms. The molecule has 0 bridgehead atoms. The molecule has 0 aliphatic heterocycles. The van der Waals surface area contributed by atoms with Crippen LogP contribution in [0, 0.1) is 0 Å². The maximum atomic E-state index is 11.4. The van der Waals surface area contributed by atoms with Gasteiger partial charge in [-0.05, 0) is 12.8 Å². The molecular weight excluding hydrogens is 414 g/mol. The van der Waals surface area contributed by atoms with Crippen molar-refractivity contribution < 1.29 is 33.3 Å². The summed E-state index contributed by atoms with van der Waals surface area (Å²) in [5.74, 6) is 0. The fourth-order valence-electron chi connectivity index (χ4n) is 3.41. The highest BCUT2D eigenvalue weighted by Gasteiger charge is 2.45. The summed E-state index contributed by atoms with van der Waals surface area (Å²) in [7, 11) is -9.79. The van der Waals surface area contributed by atoms with Crippen molar-refractivity contribution in [2.75, 3.05) is 0 Å². The van der Waals surface area contributed by atoms with Gasteiger partial charge in [0.2, 0.25) is 6.33 Å². The van der Waals surface area contributed by atoms with Gasteiger partial charge in [0.15, 0.2) is 5.40 Å². The number of hydrogen-bond donors (Lipinski definition) is 4. The minimum atomic E-state index is -4.90. The number of aryl methyl sites for hydroxylation is 1. The molecule has 0 aliphatic carbocycles. The molecule has 1 aromatic rings. The predicted octanol–water partition coefficient (Wildman–Crippen LogP) is 4.16. The number of unbranched alkanes of at least 4 members (excludes halogenated alkanes) is 11. The Morgan fingerprint density at radius 3 is 1.69 bits per heavy atom. The van der Waals surface area contributed by atoms with E-state index >= 15 is 0 Å². The van der Waals surface area contributed by atoms with E-state index < -0.39 is 27.1 Å². The van der Waals surface area contributed by atoms with Gasteiger partial charge in [0.25, 0.3) is 0 Å². The van der Waals surface area contributed by atoms with Crippen LogP contribution in [0.4, 0.5) is 0 Å². The Morgan fingerprint density at radius 1 is 0.793 bits per heavy atom. The standard InChI is InChI=1S/C19H38N2O6P2/c1-2-3-4-5-6-7-8-9-10-11-12-13-14-20-15-16-21(18-20)17-19(28(22,23)24)29(25,26)27/h15-16,18-19H,2-14,17H2,1H3,(H3-,22,23,24,25,26,27)/p+1. The summed E-state index contributed by atoms with van der Waals surface area (Å²) >= 11 is 0. The second-order valence-corrected chi connectivity index (χ2v) is 11.9. The van der Waals surface area contributed by atoms with Crippen LogP contribution in [0.3, 0.4) is 0 Å². The van der Waals surface area contributed by atoms with E-state index in [0.717, 1.165) is 19.4 Å². The predicted molar refractivity (Wildman–Crippen MR) is 114 cm³/mol. The quantitative estimate of drug-likeness (QED) is 0.160. The molecule has 0 amide bonds. The Hall–Kier alpha value is -0.490. The van der Waals surface area contributed by atoms with Crippen LogP contribution in [-0.2, 0) is 22.2 Å². The summed E-state index contributed by atoms with van der Waals surface area (Å²) in [4.78, 5) is 36.8. The highest BCUT2D eigenvalue weighted by atomic mass is 31.2. The Morgan fingerprint density at radius 2 is 1.24 bits per heavy atom. The number of rotatable bonds is 17. The molecule has 0 saturated heterocycles. The lowest BCUT2D eigenvalue weighted by atomic mass is 10.1. The maximum absolute atomic E-state index is 11.4. The molecule has 0 fully saturated rings. The van der Waals surface area contributed by atoms with Crippen molar-refractivity contribution in [2.45, 2.75) is 102 Å². The smallest absolute Gasteiger partial charge is 0.324 e. The molecule has 0 spiro atoms. The van der Waals surface area contributed by atoms with Gasteiger partial charge in [0.1, 0.15) is 18.9 Å². The fourth-order valence-corrected chi connectivity index (χ4v) is 5.78. The topological polar surface area (TPSA) is 124 Å². The van der Waals surface area contributed by atoms with Gasteiger partial charge in [-0.1, -0.05) is 71.1 Å². The van der Waals surface area contributed by atoms with E-state index in [1.165, 1.54) is 68.8 Å². The van der Waals surface area contributed by atoms with Gasteiger partial charge in [-0.25, -0.2) is 9.13 Å². The first-order valence-electron chi connectivity index (χ1n) is 10.8. The molecular formula is C19H39N2O6P2+. The third-order valence-electron chi connectivity index (χ3n) is 5.17. The minimum absolute atomic E-state index is 0.417.